The molecule has 0 saturated carbocycles. The van der Waals surface area contributed by atoms with Crippen molar-refractivity contribution in [1.29, 1.82) is 0 Å². The average Bonchev–Trinajstić information content (AvgIpc) is 2.17. The van der Waals surface area contributed by atoms with Crippen LogP contribution in [0.2, 0.25) is 0 Å². The quantitative estimate of drug-likeness (QED) is 0.655. The maximum atomic E-state index is 3.87. The van der Waals surface area contributed by atoms with Gasteiger partial charge in [0.05, 0.1) is 0 Å². The molecule has 1 nitrogen and oxygen atoms in total. The molecule has 1 fully saturated rings. The van der Waals surface area contributed by atoms with Crippen molar-refractivity contribution in [2.45, 2.75) is 32.1 Å². The maximum absolute atomic E-state index is 3.87. The van der Waals surface area contributed by atoms with Crippen molar-refractivity contribution in [1.82, 2.24) is 4.90 Å². The molecule has 1 aliphatic rings. The van der Waals surface area contributed by atoms with Crippen molar-refractivity contribution >= 4 is 0 Å². The normalized spacial score (nSPS) is 20.5. The number of likely N-dealkylation sites (tertiary alicyclic amines) is 1. The molecule has 0 amide bonds. The van der Waals surface area contributed by atoms with Crippen LogP contribution in [0.1, 0.15) is 32.1 Å². The van der Waals surface area contributed by atoms with E-state index < -0.39 is 0 Å². The molecule has 60 valence electrons. The van der Waals surface area contributed by atoms with Crippen LogP contribution in [0.4, 0.5) is 0 Å². The monoisotopic (exact) mass is 229 g/mol. The first-order chi connectivity index (χ1) is 4.93. The van der Waals surface area contributed by atoms with Gasteiger partial charge in [-0.1, -0.05) is 12.8 Å². The number of nitrogens with zero attached hydrogens (tertiary/aromatic N) is 1. The maximum Gasteiger partial charge on any atom is 3.00 e. The predicted octanol–water partition coefficient (Wildman–Crippen LogP) is 2.08. The molecule has 0 atom stereocenters. The molecule has 11 heavy (non-hydrogen) atoms. The van der Waals surface area contributed by atoms with E-state index in [1.807, 2.05) is 0 Å². The summed E-state index contributed by atoms with van der Waals surface area (Å²) in [6, 6.07) is 0. The molecule has 2 heteroatoms. The van der Waals surface area contributed by atoms with Crippen molar-refractivity contribution in [3.63, 3.8) is 0 Å². The molecular weight excluding hydrogens is 211 g/mol. The summed E-state index contributed by atoms with van der Waals surface area (Å²) in [4.78, 5) is 2.54. The smallest absolute Gasteiger partial charge is 0.342 e. The summed E-state index contributed by atoms with van der Waals surface area (Å²) in [7, 11) is 0. The predicted molar refractivity (Wildman–Crippen MR) is 44.9 cm³/mol. The molecule has 0 unspecified atom stereocenters. The van der Waals surface area contributed by atoms with Gasteiger partial charge in [0.15, 0.2) is 0 Å². The van der Waals surface area contributed by atoms with E-state index in [-0.39, 0.29) is 32.7 Å². The second kappa shape index (κ2) is 7.70. The van der Waals surface area contributed by atoms with Crippen LogP contribution in [0, 0.1) is 6.92 Å². The van der Waals surface area contributed by atoms with Crippen LogP contribution in [0.25, 0.3) is 0 Å². The minimum Gasteiger partial charge on any atom is -0.342 e. The standard InChI is InChI=1S/C9H18N.Y/c1-2-7-10-8-5-3-4-6-9-10;/h1-9H2;/q-1;+3. The van der Waals surface area contributed by atoms with Crippen molar-refractivity contribution in [3.05, 3.63) is 6.92 Å². The molecule has 0 aromatic carbocycles. The van der Waals surface area contributed by atoms with E-state index in [0.29, 0.717) is 0 Å². The molecule has 0 N–H and O–H groups in total. The summed E-state index contributed by atoms with van der Waals surface area (Å²) in [6.07, 6.45) is 6.75. The zero-order valence-electron chi connectivity index (χ0n) is 7.39. The minimum absolute atomic E-state index is 0. The zero-order valence-corrected chi connectivity index (χ0v) is 10.2. The molecule has 0 spiro atoms. The summed E-state index contributed by atoms with van der Waals surface area (Å²) in [5, 5.41) is 0. The van der Waals surface area contributed by atoms with Gasteiger partial charge < -0.3 is 11.8 Å². The Bertz CT molecular complexity index is 77.6. The largest absolute Gasteiger partial charge is 3.00 e. The molecule has 0 aliphatic carbocycles. The first kappa shape index (κ1) is 12.1. The van der Waals surface area contributed by atoms with Gasteiger partial charge in [0, 0.05) is 0 Å². The summed E-state index contributed by atoms with van der Waals surface area (Å²) in [5.41, 5.74) is 0. The Morgan fingerprint density at radius 2 is 1.55 bits per heavy atom. The van der Waals surface area contributed by atoms with E-state index in [2.05, 4.69) is 11.8 Å². The Hall–Kier alpha value is 1.06. The van der Waals surface area contributed by atoms with Crippen molar-refractivity contribution < 1.29 is 32.7 Å². The molecule has 1 heterocycles. The van der Waals surface area contributed by atoms with E-state index >= 15 is 0 Å². The van der Waals surface area contributed by atoms with Crippen LogP contribution >= 0.6 is 0 Å². The molecule has 1 saturated heterocycles. The molecule has 0 bridgehead atoms. The van der Waals surface area contributed by atoms with Gasteiger partial charge in [-0.25, -0.2) is 0 Å². The van der Waals surface area contributed by atoms with Crippen LogP contribution in [0.5, 0.6) is 0 Å². The van der Waals surface area contributed by atoms with Gasteiger partial charge in [0.2, 0.25) is 0 Å². The van der Waals surface area contributed by atoms with E-state index in [9.17, 15) is 0 Å². The third-order valence-corrected chi connectivity index (χ3v) is 2.17. The first-order valence-electron chi connectivity index (χ1n) is 4.45. The molecular formula is C9H18NY+2. The second-order valence-electron chi connectivity index (χ2n) is 3.11. The first-order valence-corrected chi connectivity index (χ1v) is 4.45. The Labute approximate surface area is 95.8 Å². The Morgan fingerprint density at radius 1 is 1.00 bits per heavy atom. The van der Waals surface area contributed by atoms with E-state index in [1.54, 1.807) is 0 Å². The van der Waals surface area contributed by atoms with E-state index in [0.717, 1.165) is 6.42 Å². The number of hydrogen-bond acceptors (Lipinski definition) is 1. The SMILES string of the molecule is [CH2-]CCN1CCCCCC1.[Y+3]. The average molecular weight is 229 g/mol. The molecule has 1 aliphatic heterocycles. The fourth-order valence-corrected chi connectivity index (χ4v) is 1.58. The van der Waals surface area contributed by atoms with Gasteiger partial charge in [0.25, 0.3) is 0 Å². The third-order valence-electron chi connectivity index (χ3n) is 2.17. The van der Waals surface area contributed by atoms with Crippen LogP contribution in [-0.2, 0) is 32.7 Å². The molecule has 0 aromatic rings. The summed E-state index contributed by atoms with van der Waals surface area (Å²) in [6.45, 7) is 7.71. The topological polar surface area (TPSA) is 3.24 Å². The fourth-order valence-electron chi connectivity index (χ4n) is 1.58. The number of hydrogen-bond donors (Lipinski definition) is 0. The zero-order chi connectivity index (χ0) is 7.23. The van der Waals surface area contributed by atoms with E-state index in [4.69, 9.17) is 0 Å². The minimum atomic E-state index is 0. The van der Waals surface area contributed by atoms with Gasteiger partial charge in [-0.2, -0.15) is 6.42 Å². The van der Waals surface area contributed by atoms with Crippen LogP contribution in [0.15, 0.2) is 0 Å². The fraction of sp³-hybridized carbons (Fsp3) is 0.889. The summed E-state index contributed by atoms with van der Waals surface area (Å²) < 4.78 is 0. The molecule has 1 rings (SSSR count). The molecule has 0 radical (unpaired) electrons. The van der Waals surface area contributed by atoms with Gasteiger partial charge in [-0.3, -0.25) is 0 Å². The van der Waals surface area contributed by atoms with Crippen molar-refractivity contribution in [2.24, 2.45) is 0 Å². The molecule has 0 aromatic heterocycles. The van der Waals surface area contributed by atoms with Crippen molar-refractivity contribution in [3.8, 4) is 0 Å². The van der Waals surface area contributed by atoms with Gasteiger partial charge in [-0.05, 0) is 32.5 Å². The Balaban J connectivity index is 0.000001000. The third kappa shape index (κ3) is 5.33. The van der Waals surface area contributed by atoms with Crippen LogP contribution in [-0.4, -0.2) is 24.5 Å². The van der Waals surface area contributed by atoms with Crippen LogP contribution in [0.3, 0.4) is 0 Å². The Kier molecular flexibility index (Phi) is 8.44. The Morgan fingerprint density at radius 3 is 2.00 bits per heavy atom. The second-order valence-corrected chi connectivity index (χ2v) is 3.11. The van der Waals surface area contributed by atoms with Gasteiger partial charge >= 0.3 is 32.7 Å². The van der Waals surface area contributed by atoms with Gasteiger partial charge in [0.1, 0.15) is 0 Å². The van der Waals surface area contributed by atoms with Gasteiger partial charge in [-0.15, -0.1) is 0 Å². The summed E-state index contributed by atoms with van der Waals surface area (Å²) >= 11 is 0. The van der Waals surface area contributed by atoms with E-state index in [1.165, 1.54) is 45.3 Å². The number of rotatable bonds is 2. The van der Waals surface area contributed by atoms with Crippen molar-refractivity contribution in [2.75, 3.05) is 19.6 Å². The van der Waals surface area contributed by atoms with Crippen LogP contribution < -0.4 is 0 Å². The summed E-state index contributed by atoms with van der Waals surface area (Å²) in [5.74, 6) is 0.